The van der Waals surface area contributed by atoms with E-state index in [9.17, 15) is 10.2 Å². The fourth-order valence-electron chi connectivity index (χ4n) is 2.39. The largest absolute Gasteiger partial charge is 0.508 e. The van der Waals surface area contributed by atoms with Crippen LogP contribution in [0.2, 0.25) is 0 Å². The van der Waals surface area contributed by atoms with E-state index in [0.29, 0.717) is 11.3 Å². The van der Waals surface area contributed by atoms with Crippen LogP contribution in [0, 0.1) is 13.8 Å². The van der Waals surface area contributed by atoms with Gasteiger partial charge in [0.1, 0.15) is 5.75 Å². The summed E-state index contributed by atoms with van der Waals surface area (Å²) in [5, 5.41) is 20.7. The molecule has 0 amide bonds. The van der Waals surface area contributed by atoms with Crippen molar-refractivity contribution in [3.63, 3.8) is 0 Å². The third-order valence-electron chi connectivity index (χ3n) is 3.59. The Morgan fingerprint density at radius 1 is 1.05 bits per heavy atom. The predicted octanol–water partition coefficient (Wildman–Crippen LogP) is 3.95. The summed E-state index contributed by atoms with van der Waals surface area (Å²) < 4.78 is 0. The molecule has 21 heavy (non-hydrogen) atoms. The van der Waals surface area contributed by atoms with E-state index >= 15 is 0 Å². The maximum Gasteiger partial charge on any atom is 0.198 e. The quantitative estimate of drug-likeness (QED) is 0.622. The van der Waals surface area contributed by atoms with Gasteiger partial charge >= 0.3 is 0 Å². The molecule has 0 aliphatic heterocycles. The summed E-state index contributed by atoms with van der Waals surface area (Å²) in [4.78, 5) is 7.28. The molecule has 4 nitrogen and oxygen atoms in total. The minimum Gasteiger partial charge on any atom is -0.508 e. The molecule has 0 bridgehead atoms. The lowest BCUT2D eigenvalue weighted by Crippen LogP contribution is -1.82. The Bertz CT molecular complexity index is 847. The van der Waals surface area contributed by atoms with Crippen molar-refractivity contribution in [1.82, 2.24) is 4.98 Å². The molecule has 1 aromatic heterocycles. The molecule has 0 saturated carbocycles. The summed E-state index contributed by atoms with van der Waals surface area (Å²) in [5.41, 5.74) is 4.04. The fraction of sp³-hybridized carbons (Fsp3) is 0.118. The first-order valence-corrected chi connectivity index (χ1v) is 6.70. The van der Waals surface area contributed by atoms with Gasteiger partial charge in [0.05, 0.1) is 11.3 Å². The molecule has 4 heteroatoms. The van der Waals surface area contributed by atoms with Crippen LogP contribution in [0.15, 0.2) is 41.4 Å². The second kappa shape index (κ2) is 4.98. The molecule has 3 N–H and O–H groups in total. The molecular weight excluding hydrogens is 264 g/mol. The lowest BCUT2D eigenvalue weighted by molar-refractivity contribution is 0.457. The Labute approximate surface area is 122 Å². The molecule has 0 aliphatic rings. The number of hydrogen-bond acceptors (Lipinski definition) is 3. The Kier molecular flexibility index (Phi) is 3.14. The van der Waals surface area contributed by atoms with Crippen molar-refractivity contribution in [3.8, 4) is 11.6 Å². The molecule has 2 aromatic carbocycles. The van der Waals surface area contributed by atoms with Gasteiger partial charge in [0.2, 0.25) is 0 Å². The molecule has 3 aromatic rings. The molecule has 0 radical (unpaired) electrons. The van der Waals surface area contributed by atoms with Crippen molar-refractivity contribution in [2.24, 2.45) is 4.99 Å². The number of phenols is 1. The van der Waals surface area contributed by atoms with E-state index in [2.05, 4.69) is 9.98 Å². The highest BCUT2D eigenvalue weighted by Gasteiger charge is 2.10. The molecule has 0 aliphatic carbocycles. The molecule has 3 rings (SSSR count). The van der Waals surface area contributed by atoms with Crippen LogP contribution >= 0.6 is 0 Å². The van der Waals surface area contributed by atoms with E-state index in [-0.39, 0.29) is 11.6 Å². The topological polar surface area (TPSA) is 68.6 Å². The highest BCUT2D eigenvalue weighted by atomic mass is 16.3. The van der Waals surface area contributed by atoms with Crippen LogP contribution in [0.3, 0.4) is 0 Å². The second-order valence-electron chi connectivity index (χ2n) is 5.11. The van der Waals surface area contributed by atoms with E-state index in [4.69, 9.17) is 0 Å². The van der Waals surface area contributed by atoms with Crippen molar-refractivity contribution in [2.75, 3.05) is 0 Å². The standard InChI is InChI=1S/C17H16N2O2/c1-10-6-7-12(8-15(10)20)18-9-13-16-11(2)4-3-5-14(16)19-17(13)21/h3-9,19-21H,1-2H3. The van der Waals surface area contributed by atoms with Gasteiger partial charge in [-0.15, -0.1) is 0 Å². The monoisotopic (exact) mass is 280 g/mol. The molecule has 0 unspecified atom stereocenters. The number of nitrogens with zero attached hydrogens (tertiary/aromatic N) is 1. The number of aromatic hydroxyl groups is 2. The van der Waals surface area contributed by atoms with Gasteiger partial charge in [0.25, 0.3) is 0 Å². The summed E-state index contributed by atoms with van der Waals surface area (Å²) in [6, 6.07) is 11.1. The number of fused-ring (bicyclic) bond motifs is 1. The number of aromatic nitrogens is 1. The third kappa shape index (κ3) is 2.36. The number of aryl methyl sites for hydroxylation is 2. The number of H-pyrrole nitrogens is 1. The van der Waals surface area contributed by atoms with Crippen molar-refractivity contribution < 1.29 is 10.2 Å². The third-order valence-corrected chi connectivity index (χ3v) is 3.59. The second-order valence-corrected chi connectivity index (χ2v) is 5.11. The van der Waals surface area contributed by atoms with Gasteiger partial charge in [-0.05, 0) is 37.1 Å². The number of aliphatic imine (C=N–C) groups is 1. The Hall–Kier alpha value is -2.75. The van der Waals surface area contributed by atoms with Gasteiger partial charge < -0.3 is 15.2 Å². The van der Waals surface area contributed by atoms with Gasteiger partial charge in [-0.2, -0.15) is 0 Å². The highest BCUT2D eigenvalue weighted by molar-refractivity contribution is 6.04. The van der Waals surface area contributed by atoms with Crippen LogP contribution in [-0.2, 0) is 0 Å². The van der Waals surface area contributed by atoms with Crippen LogP contribution in [-0.4, -0.2) is 21.4 Å². The summed E-state index contributed by atoms with van der Waals surface area (Å²) >= 11 is 0. The molecule has 0 fully saturated rings. The Balaban J connectivity index is 2.07. The summed E-state index contributed by atoms with van der Waals surface area (Å²) in [6.07, 6.45) is 1.62. The van der Waals surface area contributed by atoms with Gasteiger partial charge in [0.15, 0.2) is 5.88 Å². The van der Waals surface area contributed by atoms with Crippen LogP contribution in [0.25, 0.3) is 10.9 Å². The maximum absolute atomic E-state index is 10.0. The zero-order valence-electron chi connectivity index (χ0n) is 11.9. The molecule has 106 valence electrons. The Morgan fingerprint density at radius 3 is 2.62 bits per heavy atom. The van der Waals surface area contributed by atoms with E-state index in [0.717, 1.165) is 22.0 Å². The van der Waals surface area contributed by atoms with Crippen molar-refractivity contribution in [3.05, 3.63) is 53.1 Å². The molecular formula is C17H16N2O2. The molecule has 0 atom stereocenters. The first-order chi connectivity index (χ1) is 10.1. The van der Waals surface area contributed by atoms with Crippen molar-refractivity contribution in [2.45, 2.75) is 13.8 Å². The molecule has 0 spiro atoms. The predicted molar refractivity (Wildman–Crippen MR) is 84.8 cm³/mol. The SMILES string of the molecule is Cc1ccc(N=Cc2c(O)[nH]c3cccc(C)c23)cc1O. The van der Waals surface area contributed by atoms with Crippen LogP contribution in [0.4, 0.5) is 5.69 Å². The van der Waals surface area contributed by atoms with Crippen molar-refractivity contribution in [1.29, 1.82) is 0 Å². The Morgan fingerprint density at radius 2 is 1.86 bits per heavy atom. The summed E-state index contributed by atoms with van der Waals surface area (Å²) in [7, 11) is 0. The fourth-order valence-corrected chi connectivity index (χ4v) is 2.39. The number of rotatable bonds is 2. The number of aromatic amines is 1. The van der Waals surface area contributed by atoms with Crippen LogP contribution < -0.4 is 0 Å². The summed E-state index contributed by atoms with van der Waals surface area (Å²) in [5.74, 6) is 0.309. The number of benzene rings is 2. The van der Waals surface area contributed by atoms with E-state index in [1.807, 2.05) is 44.2 Å². The maximum atomic E-state index is 10.0. The normalized spacial score (nSPS) is 11.5. The van der Waals surface area contributed by atoms with E-state index < -0.39 is 0 Å². The lowest BCUT2D eigenvalue weighted by atomic mass is 10.1. The summed E-state index contributed by atoms with van der Waals surface area (Å²) in [6.45, 7) is 3.82. The van der Waals surface area contributed by atoms with E-state index in [1.54, 1.807) is 12.3 Å². The molecule has 1 heterocycles. The average Bonchev–Trinajstić information content (AvgIpc) is 2.77. The van der Waals surface area contributed by atoms with Gasteiger partial charge in [0, 0.05) is 23.2 Å². The minimum absolute atomic E-state index is 0.0967. The first kappa shape index (κ1) is 13.2. The van der Waals surface area contributed by atoms with Gasteiger partial charge in [-0.25, -0.2) is 0 Å². The first-order valence-electron chi connectivity index (χ1n) is 6.70. The highest BCUT2D eigenvalue weighted by Crippen LogP contribution is 2.29. The minimum atomic E-state index is 0.0967. The lowest BCUT2D eigenvalue weighted by Gasteiger charge is -2.00. The van der Waals surface area contributed by atoms with Crippen LogP contribution in [0.5, 0.6) is 11.6 Å². The van der Waals surface area contributed by atoms with Crippen LogP contribution in [0.1, 0.15) is 16.7 Å². The zero-order valence-corrected chi connectivity index (χ0v) is 11.9. The van der Waals surface area contributed by atoms with Gasteiger partial charge in [-0.1, -0.05) is 18.2 Å². The number of phenolic OH excluding ortho intramolecular Hbond substituents is 1. The van der Waals surface area contributed by atoms with E-state index in [1.165, 1.54) is 0 Å². The number of hydrogen-bond donors (Lipinski definition) is 3. The van der Waals surface area contributed by atoms with Gasteiger partial charge in [-0.3, -0.25) is 4.99 Å². The average molecular weight is 280 g/mol. The zero-order chi connectivity index (χ0) is 15.0. The molecule has 0 saturated heterocycles. The van der Waals surface area contributed by atoms with Crippen molar-refractivity contribution >= 4 is 22.8 Å². The smallest absolute Gasteiger partial charge is 0.198 e. The number of nitrogens with one attached hydrogen (secondary N) is 1.